The van der Waals surface area contributed by atoms with Gasteiger partial charge in [-0.2, -0.15) is 0 Å². The molecule has 0 unspecified atom stereocenters. The number of anilines is 2. The molecule has 2 aromatic carbocycles. The average Bonchev–Trinajstić information content (AvgIpc) is 3.56. The van der Waals surface area contributed by atoms with Gasteiger partial charge in [-0.15, -0.1) is 10.2 Å². The predicted molar refractivity (Wildman–Crippen MR) is 128 cm³/mol. The molecule has 172 valence electrons. The Kier molecular flexibility index (Phi) is 5.45. The summed E-state index contributed by atoms with van der Waals surface area (Å²) in [5.74, 6) is 0.167. The number of rotatable bonds is 6. The average molecular weight is 476 g/mol. The number of amides is 2. The fourth-order valence-corrected chi connectivity index (χ4v) is 5.44. The lowest BCUT2D eigenvalue weighted by atomic mass is 9.76. The highest BCUT2D eigenvalue weighted by Gasteiger charge is 2.50. The Bertz CT molecular complexity index is 1320. The summed E-state index contributed by atoms with van der Waals surface area (Å²) in [6.45, 7) is 1.99. The summed E-state index contributed by atoms with van der Waals surface area (Å²) in [6, 6.07) is 12.8. The predicted octanol–water partition coefficient (Wildman–Crippen LogP) is 4.91. The Morgan fingerprint density at radius 1 is 1.09 bits per heavy atom. The van der Waals surface area contributed by atoms with E-state index in [1.165, 1.54) is 12.1 Å². The van der Waals surface area contributed by atoms with Gasteiger partial charge in [-0.25, -0.2) is 0 Å². The number of allylic oxidation sites excluding steroid dienone is 2. The largest absolute Gasteiger partial charge is 0.325 e. The maximum Gasteiger partial charge on any atom is 0.269 e. The summed E-state index contributed by atoms with van der Waals surface area (Å²) in [4.78, 5) is 36.5. The molecule has 2 aliphatic rings. The fourth-order valence-electron chi connectivity index (χ4n) is 4.69. The molecule has 34 heavy (non-hydrogen) atoms. The molecule has 5 rings (SSSR count). The molecule has 0 spiro atoms. The first-order chi connectivity index (χ1) is 16.3. The van der Waals surface area contributed by atoms with Crippen molar-refractivity contribution in [3.05, 3.63) is 76.4 Å². The minimum Gasteiger partial charge on any atom is -0.325 e. The summed E-state index contributed by atoms with van der Waals surface area (Å²) in [5, 5.41) is 25.4. The van der Waals surface area contributed by atoms with Gasteiger partial charge >= 0.3 is 0 Å². The van der Waals surface area contributed by atoms with Gasteiger partial charge in [-0.1, -0.05) is 42.5 Å². The van der Waals surface area contributed by atoms with Gasteiger partial charge in [0.15, 0.2) is 0 Å². The molecule has 3 aromatic rings. The number of non-ortho nitro benzene ring substituents is 1. The van der Waals surface area contributed by atoms with E-state index in [-0.39, 0.29) is 22.6 Å². The normalized spacial score (nSPS) is 22.5. The standard InChI is InChI=1S/C24H21N5O4S/c1-24(13-14-6-9-16(24)12-14)22(31)25-19-5-3-2-4-18(19)20(30)26-23-28-27-21(34-23)15-7-10-17(11-8-15)29(32)33/h2-11,14,16H,12-13H2,1H3,(H,25,31)(H,26,28,30)/t14-,16-,24-/m0/s1. The van der Waals surface area contributed by atoms with E-state index in [0.717, 1.165) is 24.2 Å². The summed E-state index contributed by atoms with van der Waals surface area (Å²) >= 11 is 1.15. The Hall–Kier alpha value is -3.92. The highest BCUT2D eigenvalue weighted by atomic mass is 32.1. The summed E-state index contributed by atoms with van der Waals surface area (Å²) in [6.07, 6.45) is 6.13. The van der Waals surface area contributed by atoms with Crippen LogP contribution in [0.1, 0.15) is 30.1 Å². The Morgan fingerprint density at radius 2 is 1.85 bits per heavy atom. The summed E-state index contributed by atoms with van der Waals surface area (Å²) < 4.78 is 0. The van der Waals surface area contributed by atoms with E-state index in [0.29, 0.717) is 27.7 Å². The second-order valence-electron chi connectivity index (χ2n) is 8.78. The van der Waals surface area contributed by atoms with Crippen molar-refractivity contribution >= 4 is 39.7 Å². The monoisotopic (exact) mass is 475 g/mol. The van der Waals surface area contributed by atoms with Crippen LogP contribution in [-0.2, 0) is 4.79 Å². The van der Waals surface area contributed by atoms with Crippen LogP contribution < -0.4 is 10.6 Å². The van der Waals surface area contributed by atoms with Gasteiger partial charge in [0, 0.05) is 17.7 Å². The number of aromatic nitrogens is 2. The number of fused-ring (bicyclic) bond motifs is 2. The number of nitro groups is 1. The number of nitro benzene ring substituents is 1. The highest BCUT2D eigenvalue weighted by Crippen LogP contribution is 2.52. The molecule has 2 amide bonds. The van der Waals surface area contributed by atoms with Crippen molar-refractivity contribution in [3.8, 4) is 10.6 Å². The minimum atomic E-state index is -0.484. The van der Waals surface area contributed by atoms with Crippen LogP contribution >= 0.6 is 11.3 Å². The van der Waals surface area contributed by atoms with Crippen LogP contribution in [0.3, 0.4) is 0 Å². The van der Waals surface area contributed by atoms with Crippen molar-refractivity contribution in [1.29, 1.82) is 0 Å². The van der Waals surface area contributed by atoms with Crippen molar-refractivity contribution in [2.75, 3.05) is 10.6 Å². The molecule has 2 bridgehead atoms. The van der Waals surface area contributed by atoms with Gasteiger partial charge in [0.1, 0.15) is 5.01 Å². The van der Waals surface area contributed by atoms with E-state index in [1.54, 1.807) is 36.4 Å². The van der Waals surface area contributed by atoms with E-state index in [4.69, 9.17) is 0 Å². The molecule has 2 N–H and O–H groups in total. The van der Waals surface area contributed by atoms with E-state index >= 15 is 0 Å². The topological polar surface area (TPSA) is 127 Å². The Morgan fingerprint density at radius 3 is 2.53 bits per heavy atom. The number of nitrogens with zero attached hydrogens (tertiary/aromatic N) is 3. The molecular formula is C24H21N5O4S. The van der Waals surface area contributed by atoms with Crippen LogP contribution in [0.15, 0.2) is 60.7 Å². The number of hydrogen-bond donors (Lipinski definition) is 2. The van der Waals surface area contributed by atoms with Crippen LogP contribution in [-0.4, -0.2) is 26.9 Å². The third-order valence-electron chi connectivity index (χ3n) is 6.59. The first kappa shape index (κ1) is 21.9. The number of para-hydroxylation sites is 1. The van der Waals surface area contributed by atoms with E-state index < -0.39 is 16.2 Å². The van der Waals surface area contributed by atoms with E-state index in [9.17, 15) is 19.7 Å². The fraction of sp³-hybridized carbons (Fsp3) is 0.250. The molecule has 1 fully saturated rings. The van der Waals surface area contributed by atoms with Crippen molar-refractivity contribution in [2.45, 2.75) is 19.8 Å². The molecule has 10 heteroatoms. The number of nitrogens with one attached hydrogen (secondary N) is 2. The third-order valence-corrected chi connectivity index (χ3v) is 7.47. The smallest absolute Gasteiger partial charge is 0.269 e. The zero-order chi connectivity index (χ0) is 23.9. The molecule has 0 radical (unpaired) electrons. The second kappa shape index (κ2) is 8.45. The zero-order valence-electron chi connectivity index (χ0n) is 18.2. The van der Waals surface area contributed by atoms with Crippen molar-refractivity contribution < 1.29 is 14.5 Å². The van der Waals surface area contributed by atoms with Gasteiger partial charge in [-0.3, -0.25) is 25.0 Å². The molecule has 0 saturated heterocycles. The molecule has 2 aliphatic carbocycles. The number of carbonyl (C=O) groups is 2. The van der Waals surface area contributed by atoms with Crippen LogP contribution in [0.2, 0.25) is 0 Å². The van der Waals surface area contributed by atoms with Crippen molar-refractivity contribution in [1.82, 2.24) is 10.2 Å². The molecule has 1 aromatic heterocycles. The van der Waals surface area contributed by atoms with Gasteiger partial charge in [0.05, 0.1) is 21.6 Å². The van der Waals surface area contributed by atoms with Crippen molar-refractivity contribution in [2.24, 2.45) is 17.3 Å². The lowest BCUT2D eigenvalue weighted by Gasteiger charge is -2.30. The van der Waals surface area contributed by atoms with Gasteiger partial charge < -0.3 is 5.32 Å². The highest BCUT2D eigenvalue weighted by molar-refractivity contribution is 7.18. The van der Waals surface area contributed by atoms with Crippen LogP contribution in [0, 0.1) is 27.4 Å². The molecular weight excluding hydrogens is 454 g/mol. The SMILES string of the molecule is C[C@]1(C(=O)Nc2ccccc2C(=O)Nc2nnc(-c3ccc([N+](=O)[O-])cc3)s2)C[C@H]2C=C[C@H]1C2. The van der Waals surface area contributed by atoms with Crippen molar-refractivity contribution in [3.63, 3.8) is 0 Å². The van der Waals surface area contributed by atoms with Gasteiger partial charge in [0.2, 0.25) is 11.0 Å². The number of carbonyl (C=O) groups excluding carboxylic acids is 2. The lowest BCUT2D eigenvalue weighted by Crippen LogP contribution is -2.37. The zero-order valence-corrected chi connectivity index (χ0v) is 19.0. The van der Waals surface area contributed by atoms with Crippen LogP contribution in [0.5, 0.6) is 0 Å². The van der Waals surface area contributed by atoms with E-state index in [2.05, 4.69) is 33.0 Å². The first-order valence-electron chi connectivity index (χ1n) is 10.8. The molecule has 1 saturated carbocycles. The first-order valence-corrected chi connectivity index (χ1v) is 11.6. The number of hydrogen-bond acceptors (Lipinski definition) is 7. The minimum absolute atomic E-state index is 0.0178. The van der Waals surface area contributed by atoms with Crippen LogP contribution in [0.4, 0.5) is 16.5 Å². The maximum atomic E-state index is 13.1. The van der Waals surface area contributed by atoms with Gasteiger partial charge in [-0.05, 0) is 48.9 Å². The molecule has 3 atom stereocenters. The molecule has 1 heterocycles. The molecule has 0 aliphatic heterocycles. The number of benzene rings is 2. The second-order valence-corrected chi connectivity index (χ2v) is 9.76. The maximum absolute atomic E-state index is 13.1. The Labute approximate surface area is 199 Å². The van der Waals surface area contributed by atoms with E-state index in [1.807, 2.05) is 6.92 Å². The Balaban J connectivity index is 1.30. The third kappa shape index (κ3) is 3.96. The van der Waals surface area contributed by atoms with Crippen LogP contribution in [0.25, 0.3) is 10.6 Å². The summed E-state index contributed by atoms with van der Waals surface area (Å²) in [7, 11) is 0. The quantitative estimate of drug-likeness (QED) is 0.296. The van der Waals surface area contributed by atoms with Gasteiger partial charge in [0.25, 0.3) is 11.6 Å². The molecule has 9 nitrogen and oxygen atoms in total. The summed E-state index contributed by atoms with van der Waals surface area (Å²) in [5.41, 5.74) is 0.922. The lowest BCUT2D eigenvalue weighted by molar-refractivity contribution is -0.384.